The van der Waals surface area contributed by atoms with E-state index in [9.17, 15) is 17.2 Å². The first-order valence-corrected chi connectivity index (χ1v) is 9.89. The molecule has 0 spiro atoms. The van der Waals surface area contributed by atoms with Gasteiger partial charge >= 0.3 is 6.61 Å². The number of benzene rings is 1. The fourth-order valence-corrected chi connectivity index (χ4v) is 3.71. The van der Waals surface area contributed by atoms with Gasteiger partial charge in [0.2, 0.25) is 5.95 Å². The van der Waals surface area contributed by atoms with E-state index < -0.39 is 16.6 Å². The highest BCUT2D eigenvalue weighted by Crippen LogP contribution is 2.28. The van der Waals surface area contributed by atoms with E-state index in [0.717, 1.165) is 6.20 Å². The highest BCUT2D eigenvalue weighted by molar-refractivity contribution is 7.93. The Hall–Kier alpha value is -2.70. The number of methoxy groups -OCH3 is 1. The fourth-order valence-electron chi connectivity index (χ4n) is 2.41. The maximum atomic E-state index is 12.7. The Kier molecular flexibility index (Phi) is 6.35. The molecule has 0 radical (unpaired) electrons. The van der Waals surface area contributed by atoms with Gasteiger partial charge in [-0.25, -0.2) is 18.1 Å². The Morgan fingerprint density at radius 3 is 2.83 bits per heavy atom. The van der Waals surface area contributed by atoms with Crippen molar-refractivity contribution in [3.05, 3.63) is 35.6 Å². The monoisotopic (exact) mass is 448 g/mol. The molecule has 0 unspecified atom stereocenters. The van der Waals surface area contributed by atoms with Gasteiger partial charge in [0, 0.05) is 22.1 Å². The molecular weight excluding hydrogens is 434 g/mol. The van der Waals surface area contributed by atoms with E-state index in [-0.39, 0.29) is 35.7 Å². The molecule has 3 rings (SSSR count). The zero-order valence-electron chi connectivity index (χ0n) is 14.9. The molecule has 156 valence electrons. The Morgan fingerprint density at radius 1 is 1.31 bits per heavy atom. The number of aromatic nitrogens is 3. The Morgan fingerprint density at radius 2 is 2.10 bits per heavy atom. The maximum absolute atomic E-state index is 12.7. The molecule has 9 nitrogen and oxygen atoms in total. The lowest BCUT2D eigenvalue weighted by molar-refractivity contribution is -0.133. The average Bonchev–Trinajstić information content (AvgIpc) is 3.09. The molecule has 13 heteroatoms. The van der Waals surface area contributed by atoms with Crippen molar-refractivity contribution in [1.82, 2.24) is 15.0 Å². The number of hydrogen-bond donors (Lipinski definition) is 2. The summed E-state index contributed by atoms with van der Waals surface area (Å²) in [5.41, 5.74) is 0.547. The van der Waals surface area contributed by atoms with Gasteiger partial charge in [0.1, 0.15) is 11.5 Å². The number of H-pyrrole nitrogens is 1. The minimum Gasteiger partial charge on any atom is -0.484 e. The Labute approximate surface area is 169 Å². The summed E-state index contributed by atoms with van der Waals surface area (Å²) in [5.74, 6) is -0.308. The van der Waals surface area contributed by atoms with Crippen LogP contribution < -0.4 is 14.2 Å². The van der Waals surface area contributed by atoms with Crippen molar-refractivity contribution in [1.29, 1.82) is 0 Å². The van der Waals surface area contributed by atoms with Gasteiger partial charge in [-0.15, -0.1) is 0 Å². The summed E-state index contributed by atoms with van der Waals surface area (Å²) in [7, 11) is -2.74. The van der Waals surface area contributed by atoms with E-state index in [0.29, 0.717) is 15.9 Å². The van der Waals surface area contributed by atoms with Crippen molar-refractivity contribution < 1.29 is 31.4 Å². The van der Waals surface area contributed by atoms with E-state index in [1.54, 1.807) is 18.2 Å². The van der Waals surface area contributed by atoms with Gasteiger partial charge in [-0.3, -0.25) is 0 Å². The molecule has 0 aliphatic heterocycles. The van der Waals surface area contributed by atoms with Crippen LogP contribution in [0.25, 0.3) is 10.9 Å². The SMILES string of the molecule is COc1nc(NS(=O)(=O)c2c[nH]c3cc(Cl)ccc23)ncc1OCCOC(F)F. The number of rotatable bonds is 9. The highest BCUT2D eigenvalue weighted by atomic mass is 35.5. The molecule has 29 heavy (non-hydrogen) atoms. The lowest BCUT2D eigenvalue weighted by Crippen LogP contribution is -2.15. The number of alkyl halides is 2. The summed E-state index contributed by atoms with van der Waals surface area (Å²) in [6, 6.07) is 4.74. The lowest BCUT2D eigenvalue weighted by Gasteiger charge is -2.11. The average molecular weight is 449 g/mol. The second-order valence-electron chi connectivity index (χ2n) is 5.50. The molecule has 0 amide bonds. The third-order valence-electron chi connectivity index (χ3n) is 3.62. The first kappa shape index (κ1) is 21.0. The molecule has 0 saturated carbocycles. The van der Waals surface area contributed by atoms with Crippen LogP contribution in [0.3, 0.4) is 0 Å². The largest absolute Gasteiger partial charge is 0.484 e. The number of aromatic amines is 1. The summed E-state index contributed by atoms with van der Waals surface area (Å²) in [5, 5.41) is 0.895. The molecule has 2 heterocycles. The zero-order valence-corrected chi connectivity index (χ0v) is 16.4. The summed E-state index contributed by atoms with van der Waals surface area (Å²) >= 11 is 5.91. The minimum absolute atomic E-state index is 0.0174. The normalized spacial score (nSPS) is 11.8. The van der Waals surface area contributed by atoms with Crippen molar-refractivity contribution in [2.75, 3.05) is 25.0 Å². The van der Waals surface area contributed by atoms with E-state index in [4.69, 9.17) is 21.1 Å². The number of ether oxygens (including phenoxy) is 3. The van der Waals surface area contributed by atoms with Crippen LogP contribution in [0.4, 0.5) is 14.7 Å². The van der Waals surface area contributed by atoms with Crippen LogP contribution in [0.1, 0.15) is 0 Å². The minimum atomic E-state index is -4.03. The van der Waals surface area contributed by atoms with E-state index >= 15 is 0 Å². The smallest absolute Gasteiger partial charge is 0.345 e. The molecule has 0 atom stereocenters. The molecule has 0 aliphatic carbocycles. The number of anilines is 1. The number of halogens is 3. The lowest BCUT2D eigenvalue weighted by atomic mass is 10.2. The van der Waals surface area contributed by atoms with Gasteiger partial charge in [-0.05, 0) is 18.2 Å². The third kappa shape index (κ3) is 5.02. The molecule has 0 saturated heterocycles. The van der Waals surface area contributed by atoms with Crippen LogP contribution in [0.2, 0.25) is 5.02 Å². The van der Waals surface area contributed by atoms with Crippen LogP contribution in [-0.2, 0) is 14.8 Å². The van der Waals surface area contributed by atoms with Gasteiger partial charge in [0.05, 0.1) is 19.9 Å². The quantitative estimate of drug-likeness (QED) is 0.483. The van der Waals surface area contributed by atoms with Crippen molar-refractivity contribution in [3.8, 4) is 11.6 Å². The van der Waals surface area contributed by atoms with Gasteiger partial charge in [-0.1, -0.05) is 11.6 Å². The Balaban J connectivity index is 1.78. The molecule has 0 bridgehead atoms. The van der Waals surface area contributed by atoms with Gasteiger partial charge in [-0.2, -0.15) is 13.8 Å². The van der Waals surface area contributed by atoms with Gasteiger partial charge < -0.3 is 19.2 Å². The van der Waals surface area contributed by atoms with Crippen LogP contribution >= 0.6 is 11.6 Å². The second kappa shape index (κ2) is 8.76. The van der Waals surface area contributed by atoms with Crippen molar-refractivity contribution in [3.63, 3.8) is 0 Å². The third-order valence-corrected chi connectivity index (χ3v) is 5.22. The number of sulfonamides is 1. The van der Waals surface area contributed by atoms with Crippen LogP contribution in [0, 0.1) is 0 Å². The summed E-state index contributed by atoms with van der Waals surface area (Å²) < 4.78 is 65.9. The van der Waals surface area contributed by atoms with Crippen molar-refractivity contribution in [2.24, 2.45) is 0 Å². The Bertz CT molecular complexity index is 1110. The van der Waals surface area contributed by atoms with Crippen LogP contribution in [0.15, 0.2) is 35.5 Å². The number of fused-ring (bicyclic) bond motifs is 1. The number of nitrogens with one attached hydrogen (secondary N) is 2. The number of nitrogens with zero attached hydrogens (tertiary/aromatic N) is 2. The van der Waals surface area contributed by atoms with Crippen molar-refractivity contribution >= 4 is 38.5 Å². The molecule has 0 aliphatic rings. The maximum Gasteiger partial charge on any atom is 0.345 e. The zero-order chi connectivity index (χ0) is 21.0. The summed E-state index contributed by atoms with van der Waals surface area (Å²) in [6.07, 6.45) is 2.47. The van der Waals surface area contributed by atoms with Gasteiger partial charge in [0.15, 0.2) is 5.75 Å². The standard InChI is InChI=1S/C16H15ClF2N4O5S/c1-26-14-12(27-4-5-28-15(18)19)7-21-16(22-14)23-29(24,25)13-8-20-11-6-9(17)2-3-10(11)13/h2-3,6-8,15,20H,4-5H2,1H3,(H,21,22,23). The molecule has 2 aromatic heterocycles. The van der Waals surface area contributed by atoms with E-state index in [1.807, 2.05) is 0 Å². The fraction of sp³-hybridized carbons (Fsp3) is 0.250. The molecule has 2 N–H and O–H groups in total. The summed E-state index contributed by atoms with van der Waals surface area (Å²) in [6.45, 7) is -3.47. The van der Waals surface area contributed by atoms with Crippen molar-refractivity contribution in [2.45, 2.75) is 11.5 Å². The van der Waals surface area contributed by atoms with Crippen LogP contribution in [0.5, 0.6) is 11.6 Å². The molecule has 1 aromatic carbocycles. The first-order chi connectivity index (χ1) is 13.8. The second-order valence-corrected chi connectivity index (χ2v) is 7.58. The first-order valence-electron chi connectivity index (χ1n) is 8.03. The molecule has 3 aromatic rings. The number of hydrogen-bond acceptors (Lipinski definition) is 7. The van der Waals surface area contributed by atoms with Crippen LogP contribution in [-0.4, -0.2) is 50.3 Å². The predicted octanol–water partition coefficient (Wildman–Crippen LogP) is 3.04. The predicted molar refractivity (Wildman–Crippen MR) is 100 cm³/mol. The highest BCUT2D eigenvalue weighted by Gasteiger charge is 2.21. The molecule has 0 fully saturated rings. The van der Waals surface area contributed by atoms with Gasteiger partial charge in [0.25, 0.3) is 15.9 Å². The summed E-state index contributed by atoms with van der Waals surface area (Å²) in [4.78, 5) is 10.6. The topological polar surface area (TPSA) is 115 Å². The molecular formula is C16H15ClF2N4O5S. The van der Waals surface area contributed by atoms with E-state index in [1.165, 1.54) is 13.3 Å². The van der Waals surface area contributed by atoms with E-state index in [2.05, 4.69) is 24.4 Å².